The van der Waals surface area contributed by atoms with Crippen LogP contribution in [0.4, 0.5) is 5.69 Å². The van der Waals surface area contributed by atoms with Crippen molar-refractivity contribution < 1.29 is 9.53 Å². The lowest BCUT2D eigenvalue weighted by Crippen LogP contribution is -2.12. The first kappa shape index (κ1) is 13.6. The number of nitrogens with zero attached hydrogens (tertiary/aromatic N) is 1. The highest BCUT2D eigenvalue weighted by atomic mass is 35.5. The maximum atomic E-state index is 11.9. The molecule has 1 heterocycles. The van der Waals surface area contributed by atoms with Crippen molar-refractivity contribution in [2.75, 3.05) is 11.9 Å². The van der Waals surface area contributed by atoms with Crippen LogP contribution in [-0.4, -0.2) is 17.5 Å². The molecule has 1 aromatic heterocycles. The first-order valence-electron chi connectivity index (χ1n) is 5.45. The molecule has 1 N–H and O–H groups in total. The van der Waals surface area contributed by atoms with E-state index in [4.69, 9.17) is 16.3 Å². The average Bonchev–Trinajstić information content (AvgIpc) is 2.83. The van der Waals surface area contributed by atoms with Gasteiger partial charge in [0, 0.05) is 17.1 Å². The Morgan fingerprint density at radius 1 is 1.58 bits per heavy atom. The number of anilines is 1. The number of rotatable bonds is 5. The van der Waals surface area contributed by atoms with Gasteiger partial charge in [0.05, 0.1) is 0 Å². The fourth-order valence-electron chi connectivity index (χ4n) is 1.37. The van der Waals surface area contributed by atoms with E-state index in [1.165, 1.54) is 11.3 Å². The van der Waals surface area contributed by atoms with Gasteiger partial charge in [-0.15, -0.1) is 11.3 Å². The van der Waals surface area contributed by atoms with Gasteiger partial charge in [-0.2, -0.15) is 0 Å². The van der Waals surface area contributed by atoms with Crippen molar-refractivity contribution in [1.29, 1.82) is 0 Å². The van der Waals surface area contributed by atoms with E-state index in [9.17, 15) is 4.79 Å². The van der Waals surface area contributed by atoms with Crippen LogP contribution in [0.3, 0.4) is 0 Å². The number of hydrogen-bond donors (Lipinski definition) is 1. The molecule has 6 heteroatoms. The third-order valence-electron chi connectivity index (χ3n) is 2.17. The van der Waals surface area contributed by atoms with Crippen LogP contribution >= 0.6 is 22.9 Å². The van der Waals surface area contributed by atoms with Crippen LogP contribution in [0.1, 0.15) is 10.5 Å². The van der Waals surface area contributed by atoms with Gasteiger partial charge in [-0.25, -0.2) is 4.98 Å². The molecule has 0 atom stereocenters. The molecule has 0 aliphatic rings. The predicted molar refractivity (Wildman–Crippen MR) is 77.2 cm³/mol. The molecule has 0 saturated carbocycles. The van der Waals surface area contributed by atoms with Gasteiger partial charge in [-0.1, -0.05) is 30.3 Å². The van der Waals surface area contributed by atoms with Gasteiger partial charge in [-0.3, -0.25) is 4.79 Å². The van der Waals surface area contributed by atoms with E-state index in [2.05, 4.69) is 16.9 Å². The Morgan fingerprint density at radius 3 is 3.11 bits per heavy atom. The van der Waals surface area contributed by atoms with Crippen molar-refractivity contribution in [2.45, 2.75) is 0 Å². The number of halogens is 1. The first-order valence-corrected chi connectivity index (χ1v) is 6.71. The van der Waals surface area contributed by atoms with E-state index in [1.54, 1.807) is 35.7 Å². The summed E-state index contributed by atoms with van der Waals surface area (Å²) in [7, 11) is 0. The minimum atomic E-state index is -0.302. The van der Waals surface area contributed by atoms with Gasteiger partial charge < -0.3 is 10.1 Å². The second kappa shape index (κ2) is 6.36. The molecule has 0 aliphatic carbocycles. The number of carbonyl (C=O) groups excluding carboxylic acids is 1. The summed E-state index contributed by atoms with van der Waals surface area (Å²) in [6.45, 7) is 3.99. The van der Waals surface area contributed by atoms with Gasteiger partial charge in [0.25, 0.3) is 5.91 Å². The van der Waals surface area contributed by atoms with Gasteiger partial charge in [-0.05, 0) is 12.1 Å². The maximum Gasteiger partial charge on any atom is 0.275 e. The molecule has 0 unspecified atom stereocenters. The van der Waals surface area contributed by atoms with Crippen LogP contribution in [-0.2, 0) is 0 Å². The van der Waals surface area contributed by atoms with Crippen LogP contribution in [0, 0.1) is 0 Å². The predicted octanol–water partition coefficient (Wildman–Crippen LogP) is 3.61. The van der Waals surface area contributed by atoms with Crippen LogP contribution in [0.25, 0.3) is 0 Å². The standard InChI is InChI=1S/C13H11ClN2O2S/c1-2-6-18-10-5-3-4-9(7-10)15-12(17)11-8-19-13(14)16-11/h2-5,7-8H,1,6H2,(H,15,17). The highest BCUT2D eigenvalue weighted by molar-refractivity contribution is 7.14. The zero-order valence-electron chi connectivity index (χ0n) is 9.93. The van der Waals surface area contributed by atoms with Gasteiger partial charge in [0.15, 0.2) is 4.47 Å². The normalized spacial score (nSPS) is 9.95. The van der Waals surface area contributed by atoms with E-state index in [0.29, 0.717) is 28.2 Å². The topological polar surface area (TPSA) is 51.2 Å². The lowest BCUT2D eigenvalue weighted by molar-refractivity contribution is 0.102. The summed E-state index contributed by atoms with van der Waals surface area (Å²) in [6.07, 6.45) is 1.66. The molecule has 0 spiro atoms. The van der Waals surface area contributed by atoms with E-state index in [1.807, 2.05) is 0 Å². The number of nitrogens with one attached hydrogen (secondary N) is 1. The molecule has 2 rings (SSSR count). The lowest BCUT2D eigenvalue weighted by Gasteiger charge is -2.06. The Hall–Kier alpha value is -1.85. The number of amides is 1. The van der Waals surface area contributed by atoms with Crippen molar-refractivity contribution in [3.8, 4) is 5.75 Å². The average molecular weight is 295 g/mol. The summed E-state index contributed by atoms with van der Waals surface area (Å²) in [4.78, 5) is 15.8. The van der Waals surface area contributed by atoms with Crippen LogP contribution < -0.4 is 10.1 Å². The third-order valence-corrected chi connectivity index (χ3v) is 3.15. The van der Waals surface area contributed by atoms with E-state index in [-0.39, 0.29) is 5.91 Å². The molecule has 2 aromatic rings. The Kier molecular flexibility index (Phi) is 4.54. The molecule has 1 aromatic carbocycles. The molecule has 0 fully saturated rings. The SMILES string of the molecule is C=CCOc1cccc(NC(=O)c2csc(Cl)n2)c1. The summed E-state index contributed by atoms with van der Waals surface area (Å²) in [5.74, 6) is 0.359. The zero-order chi connectivity index (χ0) is 13.7. The molecular formula is C13H11ClN2O2S. The van der Waals surface area contributed by atoms with Crippen molar-refractivity contribution in [3.63, 3.8) is 0 Å². The fraction of sp³-hybridized carbons (Fsp3) is 0.0769. The lowest BCUT2D eigenvalue weighted by atomic mass is 10.3. The highest BCUT2D eigenvalue weighted by Crippen LogP contribution is 2.19. The molecule has 0 radical (unpaired) electrons. The summed E-state index contributed by atoms with van der Waals surface area (Å²) in [5, 5.41) is 4.34. The molecule has 0 aliphatic heterocycles. The third kappa shape index (κ3) is 3.81. The van der Waals surface area contributed by atoms with Crippen molar-refractivity contribution >= 4 is 34.5 Å². The molecule has 4 nitrogen and oxygen atoms in total. The van der Waals surface area contributed by atoms with Crippen LogP contribution in [0.5, 0.6) is 5.75 Å². The van der Waals surface area contributed by atoms with Crippen LogP contribution in [0.2, 0.25) is 4.47 Å². The number of aromatic nitrogens is 1. The van der Waals surface area contributed by atoms with Gasteiger partial charge >= 0.3 is 0 Å². The quantitative estimate of drug-likeness (QED) is 0.857. The molecule has 1 amide bonds. The summed E-state index contributed by atoms with van der Waals surface area (Å²) in [5.41, 5.74) is 0.933. The highest BCUT2D eigenvalue weighted by Gasteiger charge is 2.10. The minimum Gasteiger partial charge on any atom is -0.489 e. The van der Waals surface area contributed by atoms with Gasteiger partial charge in [0.1, 0.15) is 18.1 Å². The number of hydrogen-bond acceptors (Lipinski definition) is 4. The first-order chi connectivity index (χ1) is 9.19. The molecular weight excluding hydrogens is 284 g/mol. The fourth-order valence-corrected chi connectivity index (χ4v) is 2.11. The molecule has 19 heavy (non-hydrogen) atoms. The second-order valence-corrected chi connectivity index (χ2v) is 5.01. The Bertz CT molecular complexity index is 598. The van der Waals surface area contributed by atoms with Crippen molar-refractivity contribution in [2.24, 2.45) is 0 Å². The molecule has 98 valence electrons. The summed E-state index contributed by atoms with van der Waals surface area (Å²) < 4.78 is 5.72. The van der Waals surface area contributed by atoms with E-state index >= 15 is 0 Å². The number of benzene rings is 1. The molecule has 0 bridgehead atoms. The van der Waals surface area contributed by atoms with Crippen LogP contribution in [0.15, 0.2) is 42.3 Å². The van der Waals surface area contributed by atoms with E-state index in [0.717, 1.165) is 0 Å². The molecule has 0 saturated heterocycles. The summed E-state index contributed by atoms with van der Waals surface area (Å²) >= 11 is 6.90. The second-order valence-electron chi connectivity index (χ2n) is 3.57. The monoisotopic (exact) mass is 294 g/mol. The van der Waals surface area contributed by atoms with E-state index < -0.39 is 0 Å². The summed E-state index contributed by atoms with van der Waals surface area (Å²) in [6, 6.07) is 7.10. The zero-order valence-corrected chi connectivity index (χ0v) is 11.5. The smallest absolute Gasteiger partial charge is 0.275 e. The van der Waals surface area contributed by atoms with Crippen molar-refractivity contribution in [1.82, 2.24) is 4.98 Å². The Morgan fingerprint density at radius 2 is 2.42 bits per heavy atom. The Labute approximate surface area is 119 Å². The number of thiazole rings is 1. The largest absolute Gasteiger partial charge is 0.489 e. The number of carbonyl (C=O) groups is 1. The van der Waals surface area contributed by atoms with Crippen molar-refractivity contribution in [3.05, 3.63) is 52.5 Å². The minimum absolute atomic E-state index is 0.299. The van der Waals surface area contributed by atoms with Gasteiger partial charge in [0.2, 0.25) is 0 Å². The maximum absolute atomic E-state index is 11.9. The Balaban J connectivity index is 2.06. The number of ether oxygens (including phenoxy) is 1.